The molecule has 1 rings (SSSR count). The smallest absolute Gasteiger partial charge is 0.326 e. The summed E-state index contributed by atoms with van der Waals surface area (Å²) in [6.07, 6.45) is 7.80. The first-order valence-electron chi connectivity index (χ1n) is 7.60. The van der Waals surface area contributed by atoms with Gasteiger partial charge in [0.25, 0.3) is 0 Å². The zero-order valence-corrected chi connectivity index (χ0v) is 12.3. The molecule has 1 saturated carbocycles. The van der Waals surface area contributed by atoms with Gasteiger partial charge in [-0.3, -0.25) is 4.79 Å². The topological polar surface area (TPSA) is 38.3 Å². The van der Waals surface area contributed by atoms with Crippen LogP contribution in [0.4, 0.5) is 0 Å². The van der Waals surface area contributed by atoms with Gasteiger partial charge in [0.2, 0.25) is 0 Å². The molecule has 0 aliphatic heterocycles. The van der Waals surface area contributed by atoms with Crippen LogP contribution in [-0.4, -0.2) is 24.7 Å². The van der Waals surface area contributed by atoms with E-state index in [4.69, 9.17) is 4.74 Å². The Morgan fingerprint density at radius 3 is 2.39 bits per heavy atom. The largest absolute Gasteiger partial charge is 0.465 e. The molecular formula is C15H29NO2. The summed E-state index contributed by atoms with van der Waals surface area (Å²) in [5, 5.41) is 3.46. The number of hydrogen-bond donors (Lipinski definition) is 1. The molecule has 0 aromatic carbocycles. The van der Waals surface area contributed by atoms with Crippen LogP contribution in [-0.2, 0) is 9.53 Å². The van der Waals surface area contributed by atoms with Gasteiger partial charge in [-0.1, -0.05) is 26.7 Å². The average Bonchev–Trinajstić information content (AvgIpc) is 2.39. The highest BCUT2D eigenvalue weighted by molar-refractivity contribution is 5.81. The summed E-state index contributed by atoms with van der Waals surface area (Å²) in [4.78, 5) is 12.2. The summed E-state index contributed by atoms with van der Waals surface area (Å²) >= 11 is 0. The monoisotopic (exact) mass is 255 g/mol. The number of ether oxygens (including phenoxy) is 1. The molecule has 0 heterocycles. The molecule has 0 unspecified atom stereocenters. The van der Waals surface area contributed by atoms with Crippen molar-refractivity contribution in [3.05, 3.63) is 0 Å². The Bertz CT molecular complexity index is 245. The minimum Gasteiger partial charge on any atom is -0.465 e. The maximum absolute atomic E-state index is 12.2. The fraction of sp³-hybridized carbons (Fsp3) is 0.933. The van der Waals surface area contributed by atoms with Crippen molar-refractivity contribution < 1.29 is 9.53 Å². The maximum Gasteiger partial charge on any atom is 0.326 e. The van der Waals surface area contributed by atoms with Gasteiger partial charge in [-0.25, -0.2) is 0 Å². The SMILES string of the molecule is CCCNC1(C(=O)OCC)CCC(CCC)CC1. The highest BCUT2D eigenvalue weighted by Gasteiger charge is 2.42. The van der Waals surface area contributed by atoms with E-state index in [1.165, 1.54) is 12.8 Å². The van der Waals surface area contributed by atoms with E-state index in [9.17, 15) is 4.79 Å². The second-order valence-electron chi connectivity index (χ2n) is 5.46. The molecular weight excluding hydrogens is 226 g/mol. The first-order chi connectivity index (χ1) is 8.68. The van der Waals surface area contributed by atoms with Crippen molar-refractivity contribution in [2.24, 2.45) is 5.92 Å². The van der Waals surface area contributed by atoms with Gasteiger partial charge in [-0.2, -0.15) is 0 Å². The summed E-state index contributed by atoms with van der Waals surface area (Å²) in [5.74, 6) is 0.773. The quantitative estimate of drug-likeness (QED) is 0.709. The van der Waals surface area contributed by atoms with E-state index in [0.717, 1.165) is 44.6 Å². The molecule has 0 atom stereocenters. The summed E-state index contributed by atoms with van der Waals surface area (Å²) in [6.45, 7) is 7.63. The Morgan fingerprint density at radius 2 is 1.89 bits per heavy atom. The number of carbonyl (C=O) groups is 1. The summed E-state index contributed by atoms with van der Waals surface area (Å²) < 4.78 is 5.28. The number of rotatable bonds is 7. The first kappa shape index (κ1) is 15.5. The lowest BCUT2D eigenvalue weighted by atomic mass is 9.75. The van der Waals surface area contributed by atoms with Crippen molar-refractivity contribution >= 4 is 5.97 Å². The zero-order chi connectivity index (χ0) is 13.4. The summed E-state index contributed by atoms with van der Waals surface area (Å²) in [7, 11) is 0. The Kier molecular flexibility index (Phi) is 6.69. The van der Waals surface area contributed by atoms with E-state index in [1.807, 2.05) is 6.92 Å². The van der Waals surface area contributed by atoms with E-state index in [-0.39, 0.29) is 5.97 Å². The van der Waals surface area contributed by atoms with Gasteiger partial charge in [-0.05, 0) is 51.5 Å². The highest BCUT2D eigenvalue weighted by atomic mass is 16.5. The third-order valence-corrected chi connectivity index (χ3v) is 4.04. The van der Waals surface area contributed by atoms with Crippen LogP contribution in [0.2, 0.25) is 0 Å². The average molecular weight is 255 g/mol. The molecule has 0 saturated heterocycles. The van der Waals surface area contributed by atoms with Gasteiger partial charge in [-0.15, -0.1) is 0 Å². The molecule has 106 valence electrons. The lowest BCUT2D eigenvalue weighted by molar-refractivity contribution is -0.153. The minimum absolute atomic E-state index is 0.0339. The molecule has 1 aliphatic rings. The third kappa shape index (κ3) is 3.98. The molecule has 1 N–H and O–H groups in total. The van der Waals surface area contributed by atoms with Crippen molar-refractivity contribution in [3.63, 3.8) is 0 Å². The molecule has 0 radical (unpaired) electrons. The maximum atomic E-state index is 12.2. The van der Waals surface area contributed by atoms with Crippen LogP contribution in [0, 0.1) is 5.92 Å². The van der Waals surface area contributed by atoms with Gasteiger partial charge < -0.3 is 10.1 Å². The van der Waals surface area contributed by atoms with E-state index < -0.39 is 5.54 Å². The van der Waals surface area contributed by atoms with Crippen LogP contribution in [0.3, 0.4) is 0 Å². The predicted octanol–water partition coefficient (Wildman–Crippen LogP) is 3.28. The Hall–Kier alpha value is -0.570. The Labute approximate surface area is 112 Å². The zero-order valence-electron chi connectivity index (χ0n) is 12.3. The number of nitrogens with one attached hydrogen (secondary N) is 1. The third-order valence-electron chi connectivity index (χ3n) is 4.04. The van der Waals surface area contributed by atoms with Crippen LogP contribution in [0.5, 0.6) is 0 Å². The molecule has 1 fully saturated rings. The van der Waals surface area contributed by atoms with E-state index in [1.54, 1.807) is 0 Å². The fourth-order valence-electron chi connectivity index (χ4n) is 2.95. The van der Waals surface area contributed by atoms with Crippen LogP contribution in [0.1, 0.15) is 65.7 Å². The second kappa shape index (κ2) is 7.78. The second-order valence-corrected chi connectivity index (χ2v) is 5.46. The van der Waals surface area contributed by atoms with E-state index in [2.05, 4.69) is 19.2 Å². The Balaban J connectivity index is 2.60. The van der Waals surface area contributed by atoms with Crippen molar-refractivity contribution in [2.45, 2.75) is 71.3 Å². The number of hydrogen-bond acceptors (Lipinski definition) is 3. The molecule has 1 aliphatic carbocycles. The van der Waals surface area contributed by atoms with Gasteiger partial charge in [0.1, 0.15) is 5.54 Å². The Morgan fingerprint density at radius 1 is 1.22 bits per heavy atom. The van der Waals surface area contributed by atoms with E-state index in [0.29, 0.717) is 6.61 Å². The lowest BCUT2D eigenvalue weighted by Gasteiger charge is -2.38. The molecule has 18 heavy (non-hydrogen) atoms. The molecule has 0 amide bonds. The number of esters is 1. The lowest BCUT2D eigenvalue weighted by Crippen LogP contribution is -2.55. The minimum atomic E-state index is -0.393. The van der Waals surface area contributed by atoms with Gasteiger partial charge in [0, 0.05) is 0 Å². The number of carbonyl (C=O) groups excluding carboxylic acids is 1. The molecule has 0 aromatic heterocycles. The predicted molar refractivity (Wildman–Crippen MR) is 74.5 cm³/mol. The van der Waals surface area contributed by atoms with Crippen molar-refractivity contribution in [3.8, 4) is 0 Å². The molecule has 3 heteroatoms. The molecule has 0 spiro atoms. The molecule has 0 bridgehead atoms. The van der Waals surface area contributed by atoms with E-state index >= 15 is 0 Å². The van der Waals surface area contributed by atoms with Gasteiger partial charge in [0.05, 0.1) is 6.61 Å². The van der Waals surface area contributed by atoms with Crippen molar-refractivity contribution in [1.29, 1.82) is 0 Å². The summed E-state index contributed by atoms with van der Waals surface area (Å²) in [5.41, 5.74) is -0.393. The van der Waals surface area contributed by atoms with Gasteiger partial charge >= 0.3 is 5.97 Å². The fourth-order valence-corrected chi connectivity index (χ4v) is 2.95. The van der Waals surface area contributed by atoms with Crippen molar-refractivity contribution in [1.82, 2.24) is 5.32 Å². The van der Waals surface area contributed by atoms with Crippen LogP contribution in [0.15, 0.2) is 0 Å². The standard InChI is InChI=1S/C15H29NO2/c1-4-7-13-8-10-15(11-9-13,16-12-5-2)14(17)18-6-3/h13,16H,4-12H2,1-3H3. The van der Waals surface area contributed by atoms with Gasteiger partial charge in [0.15, 0.2) is 0 Å². The summed E-state index contributed by atoms with van der Waals surface area (Å²) in [6, 6.07) is 0. The van der Waals surface area contributed by atoms with Crippen molar-refractivity contribution in [2.75, 3.05) is 13.2 Å². The van der Waals surface area contributed by atoms with Crippen LogP contribution in [0.25, 0.3) is 0 Å². The highest BCUT2D eigenvalue weighted by Crippen LogP contribution is 2.35. The normalized spacial score (nSPS) is 28.1. The molecule has 3 nitrogen and oxygen atoms in total. The first-order valence-corrected chi connectivity index (χ1v) is 7.60. The van der Waals surface area contributed by atoms with Crippen LogP contribution >= 0.6 is 0 Å². The van der Waals surface area contributed by atoms with Crippen LogP contribution < -0.4 is 5.32 Å². The molecule has 0 aromatic rings.